The first-order valence-corrected chi connectivity index (χ1v) is 8.16. The Balaban J connectivity index is 1.49. The molecular formula is C17H21N5O2. The van der Waals surface area contributed by atoms with Gasteiger partial charge >= 0.3 is 0 Å². The second-order valence-electron chi connectivity index (χ2n) is 5.64. The van der Waals surface area contributed by atoms with Crippen LogP contribution >= 0.6 is 0 Å². The number of nitrogens with one attached hydrogen (secondary N) is 1. The fourth-order valence-corrected chi connectivity index (χ4v) is 2.62. The van der Waals surface area contributed by atoms with Crippen molar-refractivity contribution in [2.75, 3.05) is 32.8 Å². The van der Waals surface area contributed by atoms with Gasteiger partial charge < -0.3 is 9.47 Å². The molecule has 0 saturated carbocycles. The Bertz CT molecular complexity index is 709. The molecule has 1 aliphatic rings. The average Bonchev–Trinajstić information content (AvgIpc) is 3.11. The number of aromatic amines is 1. The second-order valence-corrected chi connectivity index (χ2v) is 5.64. The Morgan fingerprint density at radius 3 is 3.21 bits per heavy atom. The molecule has 1 atom stereocenters. The molecular weight excluding hydrogens is 306 g/mol. The van der Waals surface area contributed by atoms with Crippen LogP contribution < -0.4 is 4.74 Å². The van der Waals surface area contributed by atoms with Crippen LogP contribution in [0.3, 0.4) is 0 Å². The first kappa shape index (κ1) is 16.4. The lowest BCUT2D eigenvalue weighted by molar-refractivity contribution is -0.0369. The van der Waals surface area contributed by atoms with Gasteiger partial charge in [-0.2, -0.15) is 10.4 Å². The van der Waals surface area contributed by atoms with Crippen molar-refractivity contribution < 1.29 is 9.47 Å². The van der Waals surface area contributed by atoms with Crippen molar-refractivity contribution >= 4 is 0 Å². The molecule has 0 aliphatic carbocycles. The molecule has 1 N–H and O–H groups in total. The van der Waals surface area contributed by atoms with Gasteiger partial charge in [-0.1, -0.05) is 13.0 Å². The number of hydrogen-bond acceptors (Lipinski definition) is 6. The van der Waals surface area contributed by atoms with Gasteiger partial charge in [-0.25, -0.2) is 4.98 Å². The van der Waals surface area contributed by atoms with E-state index in [1.807, 2.05) is 19.1 Å². The van der Waals surface area contributed by atoms with Crippen LogP contribution in [0.2, 0.25) is 0 Å². The highest BCUT2D eigenvalue weighted by Gasteiger charge is 2.25. The van der Waals surface area contributed by atoms with E-state index >= 15 is 0 Å². The van der Waals surface area contributed by atoms with Crippen LogP contribution in [0.1, 0.15) is 30.2 Å². The van der Waals surface area contributed by atoms with E-state index in [1.165, 1.54) is 0 Å². The predicted molar refractivity (Wildman–Crippen MR) is 87.5 cm³/mol. The number of hydrogen-bond donors (Lipinski definition) is 1. The van der Waals surface area contributed by atoms with E-state index in [9.17, 15) is 0 Å². The van der Waals surface area contributed by atoms with E-state index in [2.05, 4.69) is 26.2 Å². The summed E-state index contributed by atoms with van der Waals surface area (Å²) in [6, 6.07) is 9.32. The number of H-pyrrole nitrogens is 1. The normalized spacial score (nSPS) is 18.2. The highest BCUT2D eigenvalue weighted by molar-refractivity contribution is 5.36. The minimum Gasteiger partial charge on any atom is -0.492 e. The lowest BCUT2D eigenvalue weighted by Crippen LogP contribution is -2.40. The Hall–Kier alpha value is -2.43. The lowest BCUT2D eigenvalue weighted by atomic mass is 10.2. The van der Waals surface area contributed by atoms with Gasteiger partial charge in [0, 0.05) is 26.1 Å². The topological polar surface area (TPSA) is 87.1 Å². The molecule has 0 unspecified atom stereocenters. The minimum absolute atomic E-state index is 0.0998. The second kappa shape index (κ2) is 7.90. The summed E-state index contributed by atoms with van der Waals surface area (Å²) in [5, 5.41) is 16.1. The number of nitrogens with zero attached hydrogens (tertiary/aromatic N) is 4. The van der Waals surface area contributed by atoms with E-state index in [0.29, 0.717) is 18.8 Å². The third-order valence-corrected chi connectivity index (χ3v) is 3.96. The third-order valence-electron chi connectivity index (χ3n) is 3.96. The van der Waals surface area contributed by atoms with Crippen LogP contribution in [0, 0.1) is 11.3 Å². The maximum Gasteiger partial charge on any atom is 0.180 e. The Kier molecular flexibility index (Phi) is 5.41. The zero-order chi connectivity index (χ0) is 16.8. The van der Waals surface area contributed by atoms with Gasteiger partial charge in [0.25, 0.3) is 0 Å². The van der Waals surface area contributed by atoms with E-state index < -0.39 is 0 Å². The maximum atomic E-state index is 8.91. The van der Waals surface area contributed by atoms with E-state index in [-0.39, 0.29) is 6.10 Å². The monoisotopic (exact) mass is 327 g/mol. The molecule has 0 spiro atoms. The highest BCUT2D eigenvalue weighted by Crippen LogP contribution is 2.19. The van der Waals surface area contributed by atoms with Gasteiger partial charge in [-0.3, -0.25) is 10.00 Å². The van der Waals surface area contributed by atoms with E-state index in [4.69, 9.17) is 14.7 Å². The van der Waals surface area contributed by atoms with Crippen molar-refractivity contribution in [1.29, 1.82) is 5.26 Å². The van der Waals surface area contributed by atoms with Gasteiger partial charge in [0.2, 0.25) is 0 Å². The SMILES string of the molecule is CCc1nc([C@H]2CN(CCOc3cccc(C#N)c3)CCO2)n[nH]1. The molecule has 3 rings (SSSR count). The lowest BCUT2D eigenvalue weighted by Gasteiger charge is -2.31. The summed E-state index contributed by atoms with van der Waals surface area (Å²) in [7, 11) is 0. The van der Waals surface area contributed by atoms with Crippen molar-refractivity contribution in [3.63, 3.8) is 0 Å². The van der Waals surface area contributed by atoms with Crippen molar-refractivity contribution in [2.24, 2.45) is 0 Å². The number of benzene rings is 1. The van der Waals surface area contributed by atoms with Crippen molar-refractivity contribution in [3.05, 3.63) is 41.5 Å². The summed E-state index contributed by atoms with van der Waals surface area (Å²) in [5.41, 5.74) is 0.607. The molecule has 7 heteroatoms. The zero-order valence-electron chi connectivity index (χ0n) is 13.7. The molecule has 1 aromatic carbocycles. The first-order chi connectivity index (χ1) is 11.8. The van der Waals surface area contributed by atoms with Gasteiger partial charge in [-0.05, 0) is 18.2 Å². The van der Waals surface area contributed by atoms with E-state index in [1.54, 1.807) is 12.1 Å². The largest absolute Gasteiger partial charge is 0.492 e. The standard InChI is InChI=1S/C17H21N5O2/c1-2-16-19-17(21-20-16)15-12-22(7-9-24-15)6-8-23-14-5-3-4-13(10-14)11-18/h3-5,10,15H,2,6-9,12H2,1H3,(H,19,20,21)/t15-/m1/s1. The fourth-order valence-electron chi connectivity index (χ4n) is 2.62. The molecule has 2 aromatic rings. The van der Waals surface area contributed by atoms with Crippen LogP contribution in [-0.4, -0.2) is 52.9 Å². The van der Waals surface area contributed by atoms with Gasteiger partial charge in [0.05, 0.1) is 18.2 Å². The number of ether oxygens (including phenoxy) is 2. The number of aryl methyl sites for hydroxylation is 1. The van der Waals surface area contributed by atoms with Crippen LogP contribution in [0.25, 0.3) is 0 Å². The Labute approximate surface area is 141 Å². The summed E-state index contributed by atoms with van der Waals surface area (Å²) in [6.07, 6.45) is 0.733. The fraction of sp³-hybridized carbons (Fsp3) is 0.471. The molecule has 24 heavy (non-hydrogen) atoms. The first-order valence-electron chi connectivity index (χ1n) is 8.16. The average molecular weight is 327 g/mol. The van der Waals surface area contributed by atoms with Gasteiger partial charge in [0.15, 0.2) is 5.82 Å². The molecule has 0 radical (unpaired) electrons. The van der Waals surface area contributed by atoms with Gasteiger partial charge in [-0.15, -0.1) is 0 Å². The molecule has 1 fully saturated rings. The molecule has 7 nitrogen and oxygen atoms in total. The Morgan fingerprint density at radius 2 is 2.42 bits per heavy atom. The molecule has 1 aromatic heterocycles. The molecule has 1 saturated heterocycles. The van der Waals surface area contributed by atoms with Crippen molar-refractivity contribution in [1.82, 2.24) is 20.1 Å². The highest BCUT2D eigenvalue weighted by atomic mass is 16.5. The summed E-state index contributed by atoms with van der Waals surface area (Å²) in [5.74, 6) is 2.33. The van der Waals surface area contributed by atoms with Crippen molar-refractivity contribution in [3.8, 4) is 11.8 Å². The molecule has 0 bridgehead atoms. The summed E-state index contributed by atoms with van der Waals surface area (Å²) < 4.78 is 11.5. The number of nitriles is 1. The smallest absolute Gasteiger partial charge is 0.180 e. The van der Waals surface area contributed by atoms with Crippen LogP contribution in [0.4, 0.5) is 0 Å². The summed E-state index contributed by atoms with van der Waals surface area (Å²) in [4.78, 5) is 6.74. The van der Waals surface area contributed by atoms with Gasteiger partial charge in [0.1, 0.15) is 24.3 Å². The van der Waals surface area contributed by atoms with Crippen LogP contribution in [0.15, 0.2) is 24.3 Å². The minimum atomic E-state index is -0.0998. The molecule has 126 valence electrons. The summed E-state index contributed by atoms with van der Waals surface area (Å²) in [6.45, 7) is 5.67. The number of aromatic nitrogens is 3. The predicted octanol–water partition coefficient (Wildman–Crippen LogP) is 1.69. The van der Waals surface area contributed by atoms with E-state index in [0.717, 1.165) is 43.5 Å². The molecule has 1 aliphatic heterocycles. The molecule has 0 amide bonds. The summed E-state index contributed by atoms with van der Waals surface area (Å²) >= 11 is 0. The number of morpholine rings is 1. The number of rotatable bonds is 6. The molecule has 2 heterocycles. The quantitative estimate of drug-likeness (QED) is 0.869. The van der Waals surface area contributed by atoms with Crippen LogP contribution in [0.5, 0.6) is 5.75 Å². The maximum absolute atomic E-state index is 8.91. The zero-order valence-corrected chi connectivity index (χ0v) is 13.7. The Morgan fingerprint density at radius 1 is 1.50 bits per heavy atom. The third kappa shape index (κ3) is 4.10. The van der Waals surface area contributed by atoms with Crippen LogP contribution in [-0.2, 0) is 11.2 Å². The van der Waals surface area contributed by atoms with Crippen molar-refractivity contribution in [2.45, 2.75) is 19.4 Å².